The largest absolute Gasteiger partial charge is 0.346 e. The Morgan fingerprint density at radius 3 is 2.58 bits per heavy atom. The zero-order chi connectivity index (χ0) is 14.6. The molecule has 0 aromatic heterocycles. The van der Waals surface area contributed by atoms with Crippen molar-refractivity contribution in [3.05, 3.63) is 33.8 Å². The third kappa shape index (κ3) is 4.62. The van der Waals surface area contributed by atoms with E-state index in [-0.39, 0.29) is 11.4 Å². The normalized spacial score (nSPS) is 14.3. The molecule has 0 aliphatic carbocycles. The number of aryl methyl sites for hydroxylation is 1. The molecule has 0 radical (unpaired) electrons. The fourth-order valence-electron chi connectivity index (χ4n) is 2.22. The van der Waals surface area contributed by atoms with Crippen molar-refractivity contribution in [2.45, 2.75) is 39.7 Å². The first kappa shape index (κ1) is 16.2. The first-order valence-corrected chi connectivity index (χ1v) is 7.35. The molecule has 1 rings (SSSR count). The minimum absolute atomic E-state index is 0.0656. The summed E-state index contributed by atoms with van der Waals surface area (Å²) in [6.45, 7) is 8.66. The maximum Gasteiger partial charge on any atom is 0.251 e. The second-order valence-electron chi connectivity index (χ2n) is 5.78. The predicted molar refractivity (Wildman–Crippen MR) is 83.3 cm³/mol. The highest BCUT2D eigenvalue weighted by Crippen LogP contribution is 2.19. The molecule has 3 nitrogen and oxygen atoms in total. The van der Waals surface area contributed by atoms with Crippen LogP contribution in [0, 0.1) is 12.8 Å². The first-order chi connectivity index (χ1) is 8.77. The molecule has 0 saturated heterocycles. The molecular formula is C15H23BrN2O. The number of nitrogens with two attached hydrogens (primary N) is 1. The fourth-order valence-corrected chi connectivity index (χ4v) is 2.47. The Labute approximate surface area is 124 Å². The summed E-state index contributed by atoms with van der Waals surface area (Å²) in [5.41, 5.74) is 7.18. The Morgan fingerprint density at radius 2 is 2.11 bits per heavy atom. The molecule has 0 heterocycles. The van der Waals surface area contributed by atoms with Crippen molar-refractivity contribution in [1.29, 1.82) is 0 Å². The van der Waals surface area contributed by atoms with Gasteiger partial charge < -0.3 is 11.1 Å². The summed E-state index contributed by atoms with van der Waals surface area (Å²) in [6.07, 6.45) is 0.866. The SMILES string of the molecule is Cc1cc(C(=O)NC(C)(CN)CC(C)C)ccc1Br. The van der Waals surface area contributed by atoms with Crippen molar-refractivity contribution < 1.29 is 4.79 Å². The number of rotatable bonds is 5. The van der Waals surface area contributed by atoms with Crippen molar-refractivity contribution in [3.63, 3.8) is 0 Å². The zero-order valence-corrected chi connectivity index (χ0v) is 13.7. The van der Waals surface area contributed by atoms with E-state index >= 15 is 0 Å². The van der Waals surface area contributed by atoms with Gasteiger partial charge in [-0.1, -0.05) is 29.8 Å². The highest BCUT2D eigenvalue weighted by molar-refractivity contribution is 9.10. The summed E-state index contributed by atoms with van der Waals surface area (Å²) in [6, 6.07) is 5.59. The summed E-state index contributed by atoms with van der Waals surface area (Å²) in [4.78, 5) is 12.3. The van der Waals surface area contributed by atoms with Crippen molar-refractivity contribution in [1.82, 2.24) is 5.32 Å². The van der Waals surface area contributed by atoms with E-state index < -0.39 is 0 Å². The second kappa shape index (κ2) is 6.53. The lowest BCUT2D eigenvalue weighted by atomic mass is 9.90. The fraction of sp³-hybridized carbons (Fsp3) is 0.533. The van der Waals surface area contributed by atoms with E-state index in [9.17, 15) is 4.79 Å². The van der Waals surface area contributed by atoms with Gasteiger partial charge in [-0.05, 0) is 49.9 Å². The molecule has 1 atom stereocenters. The van der Waals surface area contributed by atoms with Crippen LogP contribution < -0.4 is 11.1 Å². The molecule has 0 saturated carbocycles. The van der Waals surface area contributed by atoms with Gasteiger partial charge in [-0.15, -0.1) is 0 Å². The van der Waals surface area contributed by atoms with Gasteiger partial charge in [-0.25, -0.2) is 0 Å². The molecule has 0 spiro atoms. The molecule has 3 N–H and O–H groups in total. The molecule has 0 aliphatic rings. The van der Waals surface area contributed by atoms with Crippen LogP contribution in [-0.2, 0) is 0 Å². The van der Waals surface area contributed by atoms with Crippen molar-refractivity contribution >= 4 is 21.8 Å². The molecule has 106 valence electrons. The van der Waals surface area contributed by atoms with E-state index in [0.29, 0.717) is 18.0 Å². The van der Waals surface area contributed by atoms with Crippen molar-refractivity contribution in [2.24, 2.45) is 11.7 Å². The second-order valence-corrected chi connectivity index (χ2v) is 6.64. The summed E-state index contributed by atoms with van der Waals surface area (Å²) in [5, 5.41) is 3.06. The van der Waals surface area contributed by atoms with Crippen LogP contribution in [0.4, 0.5) is 0 Å². The minimum atomic E-state index is -0.355. The molecule has 1 amide bonds. The van der Waals surface area contributed by atoms with Gasteiger partial charge in [0, 0.05) is 22.1 Å². The Bertz CT molecular complexity index is 459. The molecule has 19 heavy (non-hydrogen) atoms. The topological polar surface area (TPSA) is 55.1 Å². The molecule has 4 heteroatoms. The molecule has 1 aromatic carbocycles. The first-order valence-electron chi connectivity index (χ1n) is 6.56. The van der Waals surface area contributed by atoms with Crippen molar-refractivity contribution in [2.75, 3.05) is 6.54 Å². The number of nitrogens with one attached hydrogen (secondary N) is 1. The Hall–Kier alpha value is -0.870. The van der Waals surface area contributed by atoms with Crippen LogP contribution in [0.5, 0.6) is 0 Å². The maximum atomic E-state index is 12.3. The number of halogens is 1. The number of hydrogen-bond acceptors (Lipinski definition) is 2. The number of carbonyl (C=O) groups excluding carboxylic acids is 1. The van der Waals surface area contributed by atoms with Gasteiger partial charge in [0.05, 0.1) is 0 Å². The number of benzene rings is 1. The molecule has 0 fully saturated rings. The van der Waals surface area contributed by atoms with Crippen LogP contribution in [0.2, 0.25) is 0 Å². The van der Waals surface area contributed by atoms with Gasteiger partial charge in [0.1, 0.15) is 0 Å². The van der Waals surface area contributed by atoms with E-state index in [1.54, 1.807) is 0 Å². The van der Waals surface area contributed by atoms with E-state index in [0.717, 1.165) is 16.5 Å². The Kier molecular flexibility index (Phi) is 5.56. The highest BCUT2D eigenvalue weighted by atomic mass is 79.9. The van der Waals surface area contributed by atoms with Gasteiger partial charge in [0.25, 0.3) is 5.91 Å². The quantitative estimate of drug-likeness (QED) is 0.872. The summed E-state index contributed by atoms with van der Waals surface area (Å²) >= 11 is 3.43. The van der Waals surface area contributed by atoms with Crippen LogP contribution in [0.3, 0.4) is 0 Å². The number of carbonyl (C=O) groups is 1. The van der Waals surface area contributed by atoms with E-state index in [1.807, 2.05) is 32.0 Å². The standard InChI is InChI=1S/C15H23BrN2O/c1-10(2)8-15(4,9-17)18-14(19)12-5-6-13(16)11(3)7-12/h5-7,10H,8-9,17H2,1-4H3,(H,18,19). The molecule has 1 unspecified atom stereocenters. The lowest BCUT2D eigenvalue weighted by Crippen LogP contribution is -2.52. The number of hydrogen-bond donors (Lipinski definition) is 2. The van der Waals surface area contributed by atoms with Gasteiger partial charge >= 0.3 is 0 Å². The van der Waals surface area contributed by atoms with E-state index in [2.05, 4.69) is 35.1 Å². The van der Waals surface area contributed by atoms with Gasteiger partial charge in [0.15, 0.2) is 0 Å². The smallest absolute Gasteiger partial charge is 0.251 e. The third-order valence-electron chi connectivity index (χ3n) is 3.14. The van der Waals surface area contributed by atoms with Gasteiger partial charge in [0.2, 0.25) is 0 Å². The third-order valence-corrected chi connectivity index (χ3v) is 4.03. The average Bonchev–Trinajstić information content (AvgIpc) is 2.31. The Morgan fingerprint density at radius 1 is 1.47 bits per heavy atom. The maximum absolute atomic E-state index is 12.3. The highest BCUT2D eigenvalue weighted by Gasteiger charge is 2.26. The molecule has 0 bridgehead atoms. The minimum Gasteiger partial charge on any atom is -0.346 e. The van der Waals surface area contributed by atoms with E-state index in [4.69, 9.17) is 5.73 Å². The molecule has 0 aliphatic heterocycles. The van der Waals surface area contributed by atoms with Crippen LogP contribution in [0.25, 0.3) is 0 Å². The predicted octanol–water partition coefficient (Wildman–Crippen LogP) is 3.25. The van der Waals surface area contributed by atoms with Crippen LogP contribution in [0.1, 0.15) is 43.1 Å². The summed E-state index contributed by atoms with van der Waals surface area (Å²) < 4.78 is 1.01. The Balaban J connectivity index is 2.85. The zero-order valence-electron chi connectivity index (χ0n) is 12.1. The number of amides is 1. The van der Waals surface area contributed by atoms with Gasteiger partial charge in [-0.2, -0.15) is 0 Å². The van der Waals surface area contributed by atoms with Crippen LogP contribution >= 0.6 is 15.9 Å². The molecule has 1 aromatic rings. The average molecular weight is 327 g/mol. The van der Waals surface area contributed by atoms with Gasteiger partial charge in [-0.3, -0.25) is 4.79 Å². The lowest BCUT2D eigenvalue weighted by molar-refractivity contribution is 0.0898. The summed E-state index contributed by atoms with van der Waals surface area (Å²) in [5.74, 6) is 0.421. The monoisotopic (exact) mass is 326 g/mol. The van der Waals surface area contributed by atoms with Crippen molar-refractivity contribution in [3.8, 4) is 0 Å². The molecular weight excluding hydrogens is 304 g/mol. The van der Waals surface area contributed by atoms with E-state index in [1.165, 1.54) is 0 Å². The van der Waals surface area contributed by atoms with Crippen LogP contribution in [0.15, 0.2) is 22.7 Å². The summed E-state index contributed by atoms with van der Waals surface area (Å²) in [7, 11) is 0. The lowest BCUT2D eigenvalue weighted by Gasteiger charge is -2.31. The van der Waals surface area contributed by atoms with Crippen LogP contribution in [-0.4, -0.2) is 18.0 Å².